The van der Waals surface area contributed by atoms with E-state index in [2.05, 4.69) is 36.3 Å². The zero-order chi connectivity index (χ0) is 12.0. The number of nitrogens with zero attached hydrogens (tertiary/aromatic N) is 1. The molecule has 0 aliphatic heterocycles. The van der Waals surface area contributed by atoms with Crippen molar-refractivity contribution in [3.63, 3.8) is 0 Å². The zero-order valence-corrected chi connectivity index (χ0v) is 11.7. The van der Waals surface area contributed by atoms with Gasteiger partial charge in [-0.05, 0) is 6.92 Å². The van der Waals surface area contributed by atoms with Crippen LogP contribution < -0.4 is 5.32 Å². The van der Waals surface area contributed by atoms with Crippen molar-refractivity contribution in [2.45, 2.75) is 18.2 Å². The summed E-state index contributed by atoms with van der Waals surface area (Å²) in [6.07, 6.45) is 0.880. The Balaban J connectivity index is 2.14. The average Bonchev–Trinajstić information content (AvgIpc) is 2.69. The standard InChI is InChI=1S/C10H15BrN2O2S/c1-7-13-8(6-16-7)3-4-12-5-9(11)10(14)15-2/h6,9,12H,3-5H2,1-2H3. The van der Waals surface area contributed by atoms with Crippen molar-refractivity contribution in [1.82, 2.24) is 10.3 Å². The zero-order valence-electron chi connectivity index (χ0n) is 9.33. The fraction of sp³-hybridized carbons (Fsp3) is 0.600. The van der Waals surface area contributed by atoms with E-state index < -0.39 is 0 Å². The van der Waals surface area contributed by atoms with Crippen molar-refractivity contribution in [2.75, 3.05) is 20.2 Å². The average molecular weight is 307 g/mol. The highest BCUT2D eigenvalue weighted by Gasteiger charge is 2.13. The molecule has 1 rings (SSSR count). The van der Waals surface area contributed by atoms with Crippen LogP contribution in [-0.4, -0.2) is 36.0 Å². The Morgan fingerprint density at radius 3 is 3.06 bits per heavy atom. The third-order valence-electron chi connectivity index (χ3n) is 2.00. The van der Waals surface area contributed by atoms with Gasteiger partial charge in [0.25, 0.3) is 0 Å². The summed E-state index contributed by atoms with van der Waals surface area (Å²) in [5.74, 6) is -0.253. The molecular weight excluding hydrogens is 292 g/mol. The number of alkyl halides is 1. The van der Waals surface area contributed by atoms with Crippen LogP contribution in [0.5, 0.6) is 0 Å². The van der Waals surface area contributed by atoms with E-state index in [0.29, 0.717) is 6.54 Å². The molecule has 16 heavy (non-hydrogen) atoms. The molecular formula is C10H15BrN2O2S. The largest absolute Gasteiger partial charge is 0.468 e. The number of carbonyl (C=O) groups excluding carboxylic acids is 1. The predicted octanol–water partition coefficient (Wildman–Crippen LogP) is 1.52. The summed E-state index contributed by atoms with van der Waals surface area (Å²) >= 11 is 4.90. The molecule has 0 aromatic carbocycles. The van der Waals surface area contributed by atoms with Crippen LogP contribution in [0.1, 0.15) is 10.7 Å². The highest BCUT2D eigenvalue weighted by Crippen LogP contribution is 2.07. The lowest BCUT2D eigenvalue weighted by Gasteiger charge is -2.08. The van der Waals surface area contributed by atoms with Crippen molar-refractivity contribution in [1.29, 1.82) is 0 Å². The fourth-order valence-electron chi connectivity index (χ4n) is 1.18. The second-order valence-corrected chi connectivity index (χ2v) is 5.47. The van der Waals surface area contributed by atoms with E-state index in [1.165, 1.54) is 7.11 Å². The minimum atomic E-state index is -0.283. The molecule has 0 bridgehead atoms. The van der Waals surface area contributed by atoms with Crippen LogP contribution in [0.2, 0.25) is 0 Å². The maximum absolute atomic E-state index is 11.1. The lowest BCUT2D eigenvalue weighted by molar-refractivity contribution is -0.139. The van der Waals surface area contributed by atoms with Crippen LogP contribution in [0.15, 0.2) is 5.38 Å². The van der Waals surface area contributed by atoms with Crippen LogP contribution in [-0.2, 0) is 16.0 Å². The molecule has 0 saturated heterocycles. The predicted molar refractivity (Wildman–Crippen MR) is 68.2 cm³/mol. The van der Waals surface area contributed by atoms with Gasteiger partial charge in [0.05, 0.1) is 17.8 Å². The van der Waals surface area contributed by atoms with Crippen LogP contribution in [0, 0.1) is 6.92 Å². The minimum absolute atomic E-state index is 0.253. The molecule has 4 nitrogen and oxygen atoms in total. The van der Waals surface area contributed by atoms with Crippen molar-refractivity contribution >= 4 is 33.2 Å². The number of methoxy groups -OCH3 is 1. The summed E-state index contributed by atoms with van der Waals surface area (Å²) in [5.41, 5.74) is 1.10. The van der Waals surface area contributed by atoms with Gasteiger partial charge in [-0.1, -0.05) is 15.9 Å². The van der Waals surface area contributed by atoms with E-state index in [1.54, 1.807) is 11.3 Å². The first-order valence-corrected chi connectivity index (χ1v) is 6.76. The summed E-state index contributed by atoms with van der Waals surface area (Å²) < 4.78 is 4.59. The Kier molecular flexibility index (Phi) is 5.94. The Morgan fingerprint density at radius 2 is 2.50 bits per heavy atom. The number of halogens is 1. The number of carbonyl (C=O) groups is 1. The normalized spacial score (nSPS) is 12.4. The number of hydrogen-bond donors (Lipinski definition) is 1. The van der Waals surface area contributed by atoms with Crippen LogP contribution >= 0.6 is 27.3 Å². The van der Waals surface area contributed by atoms with Gasteiger partial charge in [-0.2, -0.15) is 0 Å². The molecule has 0 fully saturated rings. The number of aromatic nitrogens is 1. The Morgan fingerprint density at radius 1 is 1.75 bits per heavy atom. The number of esters is 1. The van der Waals surface area contributed by atoms with E-state index in [0.717, 1.165) is 23.7 Å². The first-order chi connectivity index (χ1) is 7.63. The van der Waals surface area contributed by atoms with E-state index >= 15 is 0 Å². The first kappa shape index (κ1) is 13.6. The third kappa shape index (κ3) is 4.59. The van der Waals surface area contributed by atoms with Crippen molar-refractivity contribution in [3.8, 4) is 0 Å². The molecule has 1 aromatic rings. The molecule has 0 aliphatic carbocycles. The van der Waals surface area contributed by atoms with Gasteiger partial charge in [0, 0.05) is 24.9 Å². The van der Waals surface area contributed by atoms with E-state index in [4.69, 9.17) is 0 Å². The topological polar surface area (TPSA) is 51.2 Å². The summed E-state index contributed by atoms with van der Waals surface area (Å²) in [6.45, 7) is 3.37. The summed E-state index contributed by atoms with van der Waals surface area (Å²) in [4.78, 5) is 15.1. The molecule has 0 amide bonds. The van der Waals surface area contributed by atoms with Gasteiger partial charge < -0.3 is 10.1 Å². The second-order valence-electron chi connectivity index (χ2n) is 3.30. The molecule has 0 spiro atoms. The third-order valence-corrected chi connectivity index (χ3v) is 3.52. The maximum Gasteiger partial charge on any atom is 0.320 e. The first-order valence-electron chi connectivity index (χ1n) is 4.97. The molecule has 0 saturated carbocycles. The fourth-order valence-corrected chi connectivity index (χ4v) is 2.24. The Bertz CT molecular complexity index is 343. The van der Waals surface area contributed by atoms with Crippen molar-refractivity contribution < 1.29 is 9.53 Å². The molecule has 1 unspecified atom stereocenters. The Labute approximate surface area is 108 Å². The number of hydrogen-bond acceptors (Lipinski definition) is 5. The highest BCUT2D eigenvalue weighted by molar-refractivity contribution is 9.10. The van der Waals surface area contributed by atoms with E-state index in [1.807, 2.05) is 6.92 Å². The molecule has 0 aliphatic rings. The van der Waals surface area contributed by atoms with Gasteiger partial charge in [-0.3, -0.25) is 4.79 Å². The van der Waals surface area contributed by atoms with Gasteiger partial charge in [0.2, 0.25) is 0 Å². The smallest absolute Gasteiger partial charge is 0.320 e. The van der Waals surface area contributed by atoms with Crippen LogP contribution in [0.4, 0.5) is 0 Å². The molecule has 1 N–H and O–H groups in total. The van der Waals surface area contributed by atoms with Gasteiger partial charge >= 0.3 is 5.97 Å². The van der Waals surface area contributed by atoms with E-state index in [9.17, 15) is 4.79 Å². The van der Waals surface area contributed by atoms with Crippen LogP contribution in [0.25, 0.3) is 0 Å². The Hall–Kier alpha value is -0.460. The molecule has 90 valence electrons. The van der Waals surface area contributed by atoms with Gasteiger partial charge in [0.1, 0.15) is 4.83 Å². The monoisotopic (exact) mass is 306 g/mol. The quantitative estimate of drug-likeness (QED) is 0.492. The lowest BCUT2D eigenvalue weighted by Crippen LogP contribution is -2.30. The lowest BCUT2D eigenvalue weighted by atomic mass is 10.3. The van der Waals surface area contributed by atoms with Crippen LogP contribution in [0.3, 0.4) is 0 Å². The number of thiazole rings is 1. The molecule has 1 atom stereocenters. The number of ether oxygens (including phenoxy) is 1. The van der Waals surface area contributed by atoms with Gasteiger partial charge in [-0.15, -0.1) is 11.3 Å². The van der Waals surface area contributed by atoms with Gasteiger partial charge in [-0.25, -0.2) is 4.98 Å². The number of aryl methyl sites for hydroxylation is 1. The van der Waals surface area contributed by atoms with E-state index in [-0.39, 0.29) is 10.8 Å². The van der Waals surface area contributed by atoms with Crippen molar-refractivity contribution in [3.05, 3.63) is 16.1 Å². The second kappa shape index (κ2) is 6.98. The summed E-state index contributed by atoms with van der Waals surface area (Å²) in [7, 11) is 1.38. The number of rotatable bonds is 6. The minimum Gasteiger partial charge on any atom is -0.468 e. The van der Waals surface area contributed by atoms with Crippen molar-refractivity contribution in [2.24, 2.45) is 0 Å². The molecule has 1 heterocycles. The van der Waals surface area contributed by atoms with Gasteiger partial charge in [0.15, 0.2) is 0 Å². The summed E-state index contributed by atoms with van der Waals surface area (Å²) in [5, 5.41) is 6.32. The maximum atomic E-state index is 11.1. The summed E-state index contributed by atoms with van der Waals surface area (Å²) in [6, 6.07) is 0. The highest BCUT2D eigenvalue weighted by atomic mass is 79.9. The number of nitrogens with one attached hydrogen (secondary N) is 1. The SMILES string of the molecule is COC(=O)C(Br)CNCCc1csc(C)n1. The molecule has 1 aromatic heterocycles. The molecule has 0 radical (unpaired) electrons. The molecule has 6 heteroatoms.